The zero-order chi connectivity index (χ0) is 9.80. The number of nitrogens with one attached hydrogen (secondary N) is 1. The molecule has 0 amide bonds. The summed E-state index contributed by atoms with van der Waals surface area (Å²) in [7, 11) is 1.53. The average Bonchev–Trinajstić information content (AvgIpc) is 2.67. The summed E-state index contributed by atoms with van der Waals surface area (Å²) in [6.07, 6.45) is 3.60. The van der Waals surface area contributed by atoms with Crippen LogP contribution in [0.3, 0.4) is 0 Å². The molecule has 1 fully saturated rings. The number of methoxy groups -OCH3 is 1. The van der Waals surface area contributed by atoms with E-state index in [1.54, 1.807) is 0 Å². The minimum absolute atomic E-state index is 0.253. The third-order valence-electron chi connectivity index (χ3n) is 2.49. The van der Waals surface area contributed by atoms with Crippen LogP contribution in [0.25, 0.3) is 0 Å². The van der Waals surface area contributed by atoms with Crippen LogP contribution < -0.4 is 10.1 Å². The molecule has 0 bridgehead atoms. The van der Waals surface area contributed by atoms with E-state index in [1.165, 1.54) is 20.0 Å². The molecule has 2 heterocycles. The van der Waals surface area contributed by atoms with Gasteiger partial charge in [0.25, 0.3) is 0 Å². The Labute approximate surface area is 82.8 Å². The van der Waals surface area contributed by atoms with Gasteiger partial charge in [-0.15, -0.1) is 0 Å². The van der Waals surface area contributed by atoms with Crippen LogP contribution in [0, 0.1) is 5.92 Å². The van der Waals surface area contributed by atoms with Crippen molar-refractivity contribution >= 4 is 0 Å². The highest BCUT2D eigenvalue weighted by molar-refractivity contribution is 4.92. The molecule has 2 rings (SSSR count). The minimum Gasteiger partial charge on any atom is -0.452 e. The summed E-state index contributed by atoms with van der Waals surface area (Å²) in [6.45, 7) is 2.18. The molecule has 78 valence electrons. The van der Waals surface area contributed by atoms with Gasteiger partial charge in [-0.3, -0.25) is 4.52 Å². The summed E-state index contributed by atoms with van der Waals surface area (Å²) in [4.78, 5) is 4.10. The molecule has 0 aliphatic carbocycles. The first-order valence-electron chi connectivity index (χ1n) is 4.96. The van der Waals surface area contributed by atoms with Gasteiger partial charge in [-0.2, -0.15) is 4.98 Å². The Hall–Kier alpha value is -1.10. The van der Waals surface area contributed by atoms with E-state index in [0.29, 0.717) is 5.92 Å². The molecule has 1 saturated heterocycles. The molecular formula is C9H15N3O2. The molecule has 0 aromatic carbocycles. The second kappa shape index (κ2) is 4.41. The molecule has 5 nitrogen and oxygen atoms in total. The van der Waals surface area contributed by atoms with Gasteiger partial charge >= 0.3 is 6.08 Å². The van der Waals surface area contributed by atoms with Crippen LogP contribution in [0.1, 0.15) is 18.7 Å². The maximum absolute atomic E-state index is 4.85. The van der Waals surface area contributed by atoms with Crippen LogP contribution in [0.4, 0.5) is 0 Å². The molecule has 1 atom stereocenters. The van der Waals surface area contributed by atoms with Crippen LogP contribution in [-0.4, -0.2) is 30.3 Å². The first-order chi connectivity index (χ1) is 6.88. The molecule has 1 unspecified atom stereocenters. The Morgan fingerprint density at radius 2 is 2.57 bits per heavy atom. The standard InChI is InChI=1S/C9H15N3O2/c1-13-9-11-8(12-14-9)5-7-3-2-4-10-6-7/h7,10H,2-6H2,1H3. The number of rotatable bonds is 3. The van der Waals surface area contributed by atoms with Crippen molar-refractivity contribution in [3.8, 4) is 6.08 Å². The lowest BCUT2D eigenvalue weighted by Crippen LogP contribution is -2.31. The summed E-state index contributed by atoms with van der Waals surface area (Å²) in [5, 5.41) is 7.20. The van der Waals surface area contributed by atoms with E-state index < -0.39 is 0 Å². The van der Waals surface area contributed by atoms with Crippen molar-refractivity contribution in [3.63, 3.8) is 0 Å². The third kappa shape index (κ3) is 2.23. The number of aromatic nitrogens is 2. The Morgan fingerprint density at radius 1 is 1.64 bits per heavy atom. The van der Waals surface area contributed by atoms with E-state index in [1.807, 2.05) is 0 Å². The molecule has 1 aliphatic heterocycles. The van der Waals surface area contributed by atoms with Crippen LogP contribution in [-0.2, 0) is 6.42 Å². The molecule has 1 aliphatic rings. The highest BCUT2D eigenvalue weighted by Gasteiger charge is 2.16. The monoisotopic (exact) mass is 197 g/mol. The van der Waals surface area contributed by atoms with Crippen LogP contribution in [0.15, 0.2) is 4.52 Å². The topological polar surface area (TPSA) is 60.2 Å². The number of hydrogen-bond donors (Lipinski definition) is 1. The largest absolute Gasteiger partial charge is 0.452 e. The van der Waals surface area contributed by atoms with Crippen molar-refractivity contribution in [2.24, 2.45) is 5.92 Å². The first-order valence-corrected chi connectivity index (χ1v) is 4.96. The van der Waals surface area contributed by atoms with E-state index in [4.69, 9.17) is 9.26 Å². The summed E-state index contributed by atoms with van der Waals surface area (Å²) in [6, 6.07) is 0. The molecule has 1 aromatic rings. The number of piperidine rings is 1. The zero-order valence-corrected chi connectivity index (χ0v) is 8.32. The fourth-order valence-corrected chi connectivity index (χ4v) is 1.76. The van der Waals surface area contributed by atoms with Gasteiger partial charge in [0.15, 0.2) is 5.82 Å². The molecule has 0 saturated carbocycles. The van der Waals surface area contributed by atoms with E-state index in [0.717, 1.165) is 25.3 Å². The van der Waals surface area contributed by atoms with Crippen molar-refractivity contribution in [1.82, 2.24) is 15.5 Å². The fourth-order valence-electron chi connectivity index (χ4n) is 1.76. The van der Waals surface area contributed by atoms with Gasteiger partial charge in [-0.25, -0.2) is 0 Å². The van der Waals surface area contributed by atoms with Crippen molar-refractivity contribution in [2.45, 2.75) is 19.3 Å². The molecule has 5 heteroatoms. The van der Waals surface area contributed by atoms with E-state index >= 15 is 0 Å². The van der Waals surface area contributed by atoms with Crippen molar-refractivity contribution in [1.29, 1.82) is 0 Å². The second-order valence-corrected chi connectivity index (χ2v) is 3.60. The van der Waals surface area contributed by atoms with Gasteiger partial charge in [0.1, 0.15) is 0 Å². The maximum Gasteiger partial charge on any atom is 0.417 e. The predicted octanol–water partition coefficient (Wildman–Crippen LogP) is 0.620. The lowest BCUT2D eigenvalue weighted by Gasteiger charge is -2.20. The lowest BCUT2D eigenvalue weighted by molar-refractivity contribution is 0.249. The first kappa shape index (κ1) is 9.45. The Bertz CT molecular complexity index is 281. The molecule has 0 radical (unpaired) electrons. The van der Waals surface area contributed by atoms with Gasteiger partial charge in [-0.1, -0.05) is 5.16 Å². The summed E-state index contributed by atoms with van der Waals surface area (Å²) >= 11 is 0. The quantitative estimate of drug-likeness (QED) is 0.769. The van der Waals surface area contributed by atoms with Gasteiger partial charge in [0, 0.05) is 6.42 Å². The highest BCUT2D eigenvalue weighted by Crippen LogP contribution is 2.15. The van der Waals surface area contributed by atoms with Crippen molar-refractivity contribution in [3.05, 3.63) is 5.82 Å². The normalized spacial score (nSPS) is 22.2. The Morgan fingerprint density at radius 3 is 3.21 bits per heavy atom. The zero-order valence-electron chi connectivity index (χ0n) is 8.32. The molecule has 14 heavy (non-hydrogen) atoms. The Kier molecular flexibility index (Phi) is 2.98. The molecule has 1 N–H and O–H groups in total. The van der Waals surface area contributed by atoms with Gasteiger partial charge in [0.05, 0.1) is 7.11 Å². The second-order valence-electron chi connectivity index (χ2n) is 3.60. The minimum atomic E-state index is 0.253. The van der Waals surface area contributed by atoms with E-state index in [-0.39, 0.29) is 6.08 Å². The number of hydrogen-bond acceptors (Lipinski definition) is 5. The SMILES string of the molecule is COc1nc(CC2CCCNC2)no1. The van der Waals surface area contributed by atoms with E-state index in [2.05, 4.69) is 15.5 Å². The van der Waals surface area contributed by atoms with Crippen LogP contribution in [0.5, 0.6) is 6.08 Å². The van der Waals surface area contributed by atoms with Crippen molar-refractivity contribution in [2.75, 3.05) is 20.2 Å². The summed E-state index contributed by atoms with van der Waals surface area (Å²) in [5.74, 6) is 1.38. The lowest BCUT2D eigenvalue weighted by atomic mass is 9.96. The molecule has 1 aromatic heterocycles. The number of ether oxygens (including phenoxy) is 1. The molecular weight excluding hydrogens is 182 g/mol. The Balaban J connectivity index is 1.89. The predicted molar refractivity (Wildman–Crippen MR) is 50.1 cm³/mol. The fraction of sp³-hybridized carbons (Fsp3) is 0.778. The smallest absolute Gasteiger partial charge is 0.417 e. The van der Waals surface area contributed by atoms with Crippen LogP contribution >= 0.6 is 0 Å². The van der Waals surface area contributed by atoms with Crippen LogP contribution in [0.2, 0.25) is 0 Å². The highest BCUT2D eigenvalue weighted by atomic mass is 16.6. The summed E-state index contributed by atoms with van der Waals surface area (Å²) in [5.41, 5.74) is 0. The van der Waals surface area contributed by atoms with Gasteiger partial charge in [0.2, 0.25) is 0 Å². The van der Waals surface area contributed by atoms with Crippen molar-refractivity contribution < 1.29 is 9.26 Å². The summed E-state index contributed by atoms with van der Waals surface area (Å²) < 4.78 is 9.68. The third-order valence-corrected chi connectivity index (χ3v) is 2.49. The number of nitrogens with zero attached hydrogens (tertiary/aromatic N) is 2. The van der Waals surface area contributed by atoms with Gasteiger partial charge in [-0.05, 0) is 31.8 Å². The average molecular weight is 197 g/mol. The van der Waals surface area contributed by atoms with E-state index in [9.17, 15) is 0 Å². The molecule has 0 spiro atoms. The van der Waals surface area contributed by atoms with Gasteiger partial charge < -0.3 is 10.1 Å². The maximum atomic E-state index is 4.85.